The molecule has 0 amide bonds. The summed E-state index contributed by atoms with van der Waals surface area (Å²) in [6, 6.07) is 8.01. The van der Waals surface area contributed by atoms with Crippen LogP contribution in [0.25, 0.3) is 0 Å². The van der Waals surface area contributed by atoms with E-state index in [1.807, 2.05) is 0 Å². The van der Waals surface area contributed by atoms with E-state index >= 15 is 0 Å². The molecule has 2 rings (SSSR count). The zero-order chi connectivity index (χ0) is 13.1. The van der Waals surface area contributed by atoms with Gasteiger partial charge in [-0.25, -0.2) is 9.78 Å². The molecular formula is C12H7Cl2NO2S. The minimum atomic E-state index is -1.01. The third-order valence-electron chi connectivity index (χ3n) is 2.11. The summed E-state index contributed by atoms with van der Waals surface area (Å²) in [6.07, 6.45) is 1.63. The van der Waals surface area contributed by atoms with Gasteiger partial charge in [-0.15, -0.1) is 0 Å². The molecule has 0 spiro atoms. The van der Waals surface area contributed by atoms with Gasteiger partial charge in [0, 0.05) is 11.1 Å². The number of halogens is 2. The van der Waals surface area contributed by atoms with E-state index in [1.54, 1.807) is 24.4 Å². The number of aromatic carboxylic acids is 1. The predicted molar refractivity (Wildman–Crippen MR) is 71.8 cm³/mol. The first-order chi connectivity index (χ1) is 8.58. The van der Waals surface area contributed by atoms with Crippen molar-refractivity contribution in [2.45, 2.75) is 9.92 Å². The summed E-state index contributed by atoms with van der Waals surface area (Å²) in [6.45, 7) is 0. The predicted octanol–water partition coefficient (Wildman–Crippen LogP) is 4.24. The third kappa shape index (κ3) is 2.96. The average Bonchev–Trinajstić information content (AvgIpc) is 2.34. The minimum absolute atomic E-state index is 0.150. The Kier molecular flexibility index (Phi) is 4.11. The van der Waals surface area contributed by atoms with Crippen LogP contribution in [0, 0.1) is 0 Å². The molecule has 2 aromatic rings. The molecule has 0 saturated carbocycles. The third-order valence-corrected chi connectivity index (χ3v) is 4.05. The van der Waals surface area contributed by atoms with E-state index in [9.17, 15) is 4.79 Å². The molecular weight excluding hydrogens is 293 g/mol. The zero-order valence-corrected chi connectivity index (χ0v) is 11.3. The molecule has 0 aliphatic rings. The van der Waals surface area contributed by atoms with E-state index < -0.39 is 5.97 Å². The summed E-state index contributed by atoms with van der Waals surface area (Å²) in [5, 5.41) is 10.4. The number of carbonyl (C=O) groups is 1. The minimum Gasteiger partial charge on any atom is -0.478 e. The van der Waals surface area contributed by atoms with Crippen LogP contribution >= 0.6 is 35.0 Å². The highest BCUT2D eigenvalue weighted by Gasteiger charge is 2.10. The molecule has 1 aromatic carbocycles. The van der Waals surface area contributed by atoms with Gasteiger partial charge in [-0.3, -0.25) is 0 Å². The van der Waals surface area contributed by atoms with Crippen LogP contribution in [-0.2, 0) is 0 Å². The molecule has 0 unspecified atom stereocenters. The van der Waals surface area contributed by atoms with Gasteiger partial charge in [0.05, 0.1) is 15.6 Å². The van der Waals surface area contributed by atoms with Crippen molar-refractivity contribution >= 4 is 40.9 Å². The Morgan fingerprint density at radius 1 is 1.22 bits per heavy atom. The van der Waals surface area contributed by atoms with E-state index in [0.717, 1.165) is 0 Å². The van der Waals surface area contributed by atoms with Gasteiger partial charge in [-0.1, -0.05) is 35.0 Å². The molecule has 0 fully saturated rings. The van der Waals surface area contributed by atoms with Gasteiger partial charge >= 0.3 is 5.97 Å². The number of rotatable bonds is 3. The Labute approximate surface area is 118 Å². The van der Waals surface area contributed by atoms with Crippen molar-refractivity contribution in [3.8, 4) is 0 Å². The van der Waals surface area contributed by atoms with Crippen LogP contribution in [0.5, 0.6) is 0 Å². The highest BCUT2D eigenvalue weighted by Crippen LogP contribution is 2.35. The van der Waals surface area contributed by atoms with E-state index in [2.05, 4.69) is 4.98 Å². The largest absolute Gasteiger partial charge is 0.478 e. The molecule has 0 aliphatic carbocycles. The number of benzene rings is 1. The molecule has 18 heavy (non-hydrogen) atoms. The van der Waals surface area contributed by atoms with Crippen molar-refractivity contribution in [1.82, 2.24) is 4.98 Å². The molecule has 3 nitrogen and oxygen atoms in total. The zero-order valence-electron chi connectivity index (χ0n) is 8.93. The summed E-state index contributed by atoms with van der Waals surface area (Å²) in [4.78, 5) is 15.6. The number of carboxylic acids is 1. The first-order valence-electron chi connectivity index (χ1n) is 4.89. The van der Waals surface area contributed by atoms with Crippen molar-refractivity contribution in [2.24, 2.45) is 0 Å². The van der Waals surface area contributed by atoms with Gasteiger partial charge in [-0.2, -0.15) is 0 Å². The second kappa shape index (κ2) is 5.61. The second-order valence-electron chi connectivity index (χ2n) is 3.34. The Morgan fingerprint density at radius 3 is 2.61 bits per heavy atom. The first kappa shape index (κ1) is 13.2. The van der Waals surface area contributed by atoms with E-state index in [4.69, 9.17) is 28.3 Å². The summed E-state index contributed by atoms with van der Waals surface area (Å²) in [5.74, 6) is -1.01. The lowest BCUT2D eigenvalue weighted by Gasteiger charge is -2.05. The van der Waals surface area contributed by atoms with E-state index in [0.29, 0.717) is 20.0 Å². The SMILES string of the molecule is O=C(O)c1ccc(Sc2ncccc2Cl)c(Cl)c1. The van der Waals surface area contributed by atoms with Crippen molar-refractivity contribution in [3.05, 3.63) is 52.1 Å². The normalized spacial score (nSPS) is 10.3. The van der Waals surface area contributed by atoms with Crippen LogP contribution in [0.1, 0.15) is 10.4 Å². The molecule has 1 aromatic heterocycles. The second-order valence-corrected chi connectivity index (χ2v) is 5.19. The van der Waals surface area contributed by atoms with Crippen LogP contribution in [0.3, 0.4) is 0 Å². The highest BCUT2D eigenvalue weighted by molar-refractivity contribution is 7.99. The number of carboxylic acid groups (broad SMARTS) is 1. The van der Waals surface area contributed by atoms with Crippen molar-refractivity contribution in [3.63, 3.8) is 0 Å². The molecule has 0 bridgehead atoms. The smallest absolute Gasteiger partial charge is 0.335 e. The van der Waals surface area contributed by atoms with Gasteiger partial charge in [-0.05, 0) is 30.3 Å². The molecule has 0 saturated heterocycles. The Hall–Kier alpha value is -1.23. The van der Waals surface area contributed by atoms with Gasteiger partial charge < -0.3 is 5.11 Å². The summed E-state index contributed by atoms with van der Waals surface area (Å²) >= 11 is 13.3. The molecule has 6 heteroatoms. The Balaban J connectivity index is 2.30. The number of nitrogens with zero attached hydrogens (tertiary/aromatic N) is 1. The van der Waals surface area contributed by atoms with Crippen LogP contribution in [-0.4, -0.2) is 16.1 Å². The molecule has 0 atom stereocenters. The van der Waals surface area contributed by atoms with Crippen LogP contribution < -0.4 is 0 Å². The van der Waals surface area contributed by atoms with Crippen LogP contribution in [0.4, 0.5) is 0 Å². The highest BCUT2D eigenvalue weighted by atomic mass is 35.5. The molecule has 1 heterocycles. The summed E-state index contributed by atoms with van der Waals surface area (Å²) in [7, 11) is 0. The molecule has 92 valence electrons. The van der Waals surface area contributed by atoms with Crippen molar-refractivity contribution < 1.29 is 9.90 Å². The fourth-order valence-corrected chi connectivity index (χ4v) is 2.58. The fourth-order valence-electron chi connectivity index (χ4n) is 1.27. The average molecular weight is 300 g/mol. The molecule has 0 aliphatic heterocycles. The maximum atomic E-state index is 10.8. The number of hydrogen-bond acceptors (Lipinski definition) is 3. The molecule has 0 radical (unpaired) electrons. The Bertz CT molecular complexity index is 604. The van der Waals surface area contributed by atoms with Gasteiger partial charge in [0.1, 0.15) is 5.03 Å². The van der Waals surface area contributed by atoms with E-state index in [1.165, 1.54) is 23.9 Å². The molecule has 1 N–H and O–H groups in total. The monoisotopic (exact) mass is 299 g/mol. The van der Waals surface area contributed by atoms with Crippen LogP contribution in [0.15, 0.2) is 46.5 Å². The topological polar surface area (TPSA) is 50.2 Å². The number of hydrogen-bond donors (Lipinski definition) is 1. The quantitative estimate of drug-likeness (QED) is 0.921. The summed E-state index contributed by atoms with van der Waals surface area (Å²) in [5.41, 5.74) is 0.150. The maximum Gasteiger partial charge on any atom is 0.335 e. The van der Waals surface area contributed by atoms with E-state index in [-0.39, 0.29) is 5.56 Å². The Morgan fingerprint density at radius 2 is 2.00 bits per heavy atom. The lowest BCUT2D eigenvalue weighted by atomic mass is 10.2. The van der Waals surface area contributed by atoms with Gasteiger partial charge in [0.2, 0.25) is 0 Å². The lowest BCUT2D eigenvalue weighted by molar-refractivity contribution is 0.0697. The standard InChI is InChI=1S/C12H7Cl2NO2S/c13-8-2-1-5-15-11(8)18-10-4-3-7(12(16)17)6-9(10)14/h1-6H,(H,16,17). The summed E-state index contributed by atoms with van der Waals surface area (Å²) < 4.78 is 0. The first-order valence-corrected chi connectivity index (χ1v) is 6.46. The van der Waals surface area contributed by atoms with Crippen molar-refractivity contribution in [1.29, 1.82) is 0 Å². The number of aromatic nitrogens is 1. The lowest BCUT2D eigenvalue weighted by Crippen LogP contribution is -1.95. The van der Waals surface area contributed by atoms with Crippen molar-refractivity contribution in [2.75, 3.05) is 0 Å². The van der Waals surface area contributed by atoms with Gasteiger partial charge in [0.15, 0.2) is 0 Å². The fraction of sp³-hybridized carbons (Fsp3) is 0. The van der Waals surface area contributed by atoms with Crippen LogP contribution in [0.2, 0.25) is 10.0 Å². The maximum absolute atomic E-state index is 10.8. The number of pyridine rings is 1. The van der Waals surface area contributed by atoms with Gasteiger partial charge in [0.25, 0.3) is 0 Å².